The summed E-state index contributed by atoms with van der Waals surface area (Å²) >= 11 is 0. The average Bonchev–Trinajstić information content (AvgIpc) is 2.53. The van der Waals surface area contributed by atoms with E-state index in [4.69, 9.17) is 10.5 Å². The molecule has 0 fully saturated rings. The number of hydrogen-bond acceptors (Lipinski definition) is 4. The zero-order valence-corrected chi connectivity index (χ0v) is 14.5. The number of benzene rings is 1. The van der Waals surface area contributed by atoms with Crippen LogP contribution in [0.5, 0.6) is 5.75 Å². The van der Waals surface area contributed by atoms with Crippen molar-refractivity contribution in [3.8, 4) is 5.75 Å². The quantitative estimate of drug-likeness (QED) is 0.938. The van der Waals surface area contributed by atoms with Crippen LogP contribution >= 0.6 is 0 Å². The summed E-state index contributed by atoms with van der Waals surface area (Å²) in [5.41, 5.74) is 7.19. The largest absolute Gasteiger partial charge is 0.474 e. The van der Waals surface area contributed by atoms with E-state index in [1.807, 2.05) is 0 Å². The Bertz CT molecular complexity index is 767. The number of nitrogen functional groups attached to an aromatic ring is 1. The van der Waals surface area contributed by atoms with Gasteiger partial charge in [0.2, 0.25) is 0 Å². The van der Waals surface area contributed by atoms with Crippen molar-refractivity contribution < 1.29 is 9.53 Å². The number of fused-ring (bicyclic) bond motifs is 1. The molecule has 126 valence electrons. The lowest BCUT2D eigenvalue weighted by Crippen LogP contribution is -2.52. The number of aromatic nitrogens is 1. The summed E-state index contributed by atoms with van der Waals surface area (Å²) < 4.78 is 5.80. The molecule has 0 aliphatic carbocycles. The maximum Gasteiger partial charge on any atom is 0.272 e. The van der Waals surface area contributed by atoms with Gasteiger partial charge in [-0.25, -0.2) is 4.98 Å². The maximum atomic E-state index is 12.8. The second-order valence-corrected chi connectivity index (χ2v) is 6.96. The van der Waals surface area contributed by atoms with Gasteiger partial charge in [-0.1, -0.05) is 38.1 Å². The number of pyridine rings is 1. The Morgan fingerprint density at radius 1 is 1.17 bits per heavy atom. The van der Waals surface area contributed by atoms with E-state index >= 15 is 0 Å². The molecule has 0 spiro atoms. The van der Waals surface area contributed by atoms with E-state index in [0.29, 0.717) is 29.8 Å². The Morgan fingerprint density at radius 2 is 1.83 bits per heavy atom. The summed E-state index contributed by atoms with van der Waals surface area (Å²) in [5, 5.41) is 0. The molecule has 0 unspecified atom stereocenters. The van der Waals surface area contributed by atoms with Gasteiger partial charge in [-0.2, -0.15) is 0 Å². The predicted octanol–water partition coefficient (Wildman–Crippen LogP) is 3.49. The normalized spacial score (nSPS) is 16.0. The summed E-state index contributed by atoms with van der Waals surface area (Å²) in [7, 11) is 0. The summed E-state index contributed by atoms with van der Waals surface area (Å²) in [5.74, 6) is 1.77. The molecule has 5 nitrogen and oxygen atoms in total. The van der Waals surface area contributed by atoms with Gasteiger partial charge in [0.15, 0.2) is 17.2 Å². The second-order valence-electron chi connectivity index (χ2n) is 6.96. The van der Waals surface area contributed by atoms with Crippen LogP contribution in [0.25, 0.3) is 0 Å². The molecule has 1 aliphatic heterocycles. The monoisotopic (exact) mass is 325 g/mol. The highest BCUT2D eigenvalue weighted by Gasteiger charge is 2.41. The molecule has 0 bridgehead atoms. The topological polar surface area (TPSA) is 68.5 Å². The van der Waals surface area contributed by atoms with E-state index in [2.05, 4.69) is 43.1 Å². The van der Waals surface area contributed by atoms with Gasteiger partial charge < -0.3 is 10.5 Å². The van der Waals surface area contributed by atoms with Gasteiger partial charge in [0.25, 0.3) is 5.91 Å². The van der Waals surface area contributed by atoms with E-state index in [1.54, 1.807) is 30.9 Å². The Balaban J connectivity index is 1.96. The molecule has 24 heavy (non-hydrogen) atoms. The van der Waals surface area contributed by atoms with Gasteiger partial charge in [-0.05, 0) is 43.0 Å². The molecule has 1 aromatic heterocycles. The van der Waals surface area contributed by atoms with Crippen LogP contribution in [0, 0.1) is 0 Å². The van der Waals surface area contributed by atoms with Crippen molar-refractivity contribution in [3.63, 3.8) is 0 Å². The van der Waals surface area contributed by atoms with Crippen LogP contribution in [-0.4, -0.2) is 16.5 Å². The molecule has 1 amide bonds. The van der Waals surface area contributed by atoms with E-state index in [1.165, 1.54) is 5.56 Å². The molecule has 1 aromatic carbocycles. The highest BCUT2D eigenvalue weighted by atomic mass is 16.5. The Kier molecular flexibility index (Phi) is 3.95. The first-order valence-electron chi connectivity index (χ1n) is 8.14. The van der Waals surface area contributed by atoms with Crippen LogP contribution < -0.4 is 15.4 Å². The van der Waals surface area contributed by atoms with Crippen LogP contribution in [0.2, 0.25) is 0 Å². The fourth-order valence-corrected chi connectivity index (χ4v) is 2.80. The molecule has 5 heteroatoms. The van der Waals surface area contributed by atoms with E-state index in [-0.39, 0.29) is 5.91 Å². The van der Waals surface area contributed by atoms with Crippen LogP contribution in [0.15, 0.2) is 36.4 Å². The van der Waals surface area contributed by atoms with Crippen molar-refractivity contribution in [2.45, 2.75) is 45.8 Å². The first-order valence-corrected chi connectivity index (χ1v) is 8.14. The summed E-state index contributed by atoms with van der Waals surface area (Å²) in [6.45, 7) is 8.29. The van der Waals surface area contributed by atoms with E-state index in [9.17, 15) is 4.79 Å². The van der Waals surface area contributed by atoms with Crippen LogP contribution in [-0.2, 0) is 11.3 Å². The number of anilines is 2. The third-order valence-electron chi connectivity index (χ3n) is 4.23. The summed E-state index contributed by atoms with van der Waals surface area (Å²) in [4.78, 5) is 18.8. The number of nitrogens with two attached hydrogens (primary N) is 1. The fourth-order valence-electron chi connectivity index (χ4n) is 2.80. The SMILES string of the molecule is CC(C)c1ccc(CN2C(=O)C(C)(C)Oc3ccc(N)nc32)cc1. The van der Waals surface area contributed by atoms with Gasteiger partial charge in [-0.3, -0.25) is 9.69 Å². The van der Waals surface area contributed by atoms with E-state index < -0.39 is 5.60 Å². The van der Waals surface area contributed by atoms with Crippen molar-refractivity contribution in [2.24, 2.45) is 0 Å². The van der Waals surface area contributed by atoms with Crippen LogP contribution in [0.1, 0.15) is 44.7 Å². The average molecular weight is 325 g/mol. The number of carbonyl (C=O) groups is 1. The fraction of sp³-hybridized carbons (Fsp3) is 0.368. The number of carbonyl (C=O) groups excluding carboxylic acids is 1. The summed E-state index contributed by atoms with van der Waals surface area (Å²) in [6.07, 6.45) is 0. The lowest BCUT2D eigenvalue weighted by Gasteiger charge is -2.38. The van der Waals surface area contributed by atoms with E-state index in [0.717, 1.165) is 5.56 Å². The van der Waals surface area contributed by atoms with Gasteiger partial charge in [0.05, 0.1) is 6.54 Å². The Morgan fingerprint density at radius 3 is 2.46 bits per heavy atom. The molecule has 0 saturated carbocycles. The van der Waals surface area contributed by atoms with Gasteiger partial charge >= 0.3 is 0 Å². The minimum atomic E-state index is -0.928. The lowest BCUT2D eigenvalue weighted by molar-refractivity contribution is -0.132. The van der Waals surface area contributed by atoms with Crippen molar-refractivity contribution in [1.29, 1.82) is 0 Å². The minimum Gasteiger partial charge on any atom is -0.474 e. The van der Waals surface area contributed by atoms with Crippen molar-refractivity contribution in [2.75, 3.05) is 10.6 Å². The van der Waals surface area contributed by atoms with Crippen molar-refractivity contribution in [3.05, 3.63) is 47.5 Å². The molecule has 1 aliphatic rings. The van der Waals surface area contributed by atoms with Gasteiger partial charge in [0, 0.05) is 0 Å². The minimum absolute atomic E-state index is 0.124. The Labute approximate surface area is 142 Å². The Hall–Kier alpha value is -2.56. The molecule has 2 N–H and O–H groups in total. The van der Waals surface area contributed by atoms with Crippen LogP contribution in [0.3, 0.4) is 0 Å². The number of ether oxygens (including phenoxy) is 1. The standard InChI is InChI=1S/C19H23N3O2/c1-12(2)14-7-5-13(6-8-14)11-22-17-15(9-10-16(20)21-17)24-19(3,4)18(22)23/h5-10,12H,11H2,1-4H3,(H2,20,21). The lowest BCUT2D eigenvalue weighted by atomic mass is 10.0. The third kappa shape index (κ3) is 2.94. The number of amides is 1. The maximum absolute atomic E-state index is 12.8. The second kappa shape index (κ2) is 5.82. The highest BCUT2D eigenvalue weighted by Crippen LogP contribution is 2.37. The predicted molar refractivity (Wildman–Crippen MR) is 95.1 cm³/mol. The van der Waals surface area contributed by atoms with Crippen molar-refractivity contribution in [1.82, 2.24) is 4.98 Å². The van der Waals surface area contributed by atoms with Crippen LogP contribution in [0.4, 0.5) is 11.6 Å². The third-order valence-corrected chi connectivity index (χ3v) is 4.23. The molecular weight excluding hydrogens is 302 g/mol. The zero-order valence-electron chi connectivity index (χ0n) is 14.5. The molecule has 0 saturated heterocycles. The molecule has 2 aromatic rings. The number of nitrogens with zero attached hydrogens (tertiary/aromatic N) is 2. The number of hydrogen-bond donors (Lipinski definition) is 1. The zero-order chi connectivity index (χ0) is 17.5. The first-order chi connectivity index (χ1) is 11.3. The number of rotatable bonds is 3. The van der Waals surface area contributed by atoms with Crippen molar-refractivity contribution >= 4 is 17.5 Å². The molecule has 2 heterocycles. The molecular formula is C19H23N3O2. The first kappa shape index (κ1) is 16.3. The van der Waals surface area contributed by atoms with Gasteiger partial charge in [0.1, 0.15) is 5.82 Å². The highest BCUT2D eigenvalue weighted by molar-refractivity contribution is 6.01. The van der Waals surface area contributed by atoms with Gasteiger partial charge in [-0.15, -0.1) is 0 Å². The molecule has 3 rings (SSSR count). The summed E-state index contributed by atoms with van der Waals surface area (Å²) in [6, 6.07) is 11.8. The molecule has 0 atom stereocenters. The smallest absolute Gasteiger partial charge is 0.272 e. The molecule has 0 radical (unpaired) electrons.